The summed E-state index contributed by atoms with van der Waals surface area (Å²) in [7, 11) is 0. The average molecular weight is 168 g/mol. The van der Waals surface area contributed by atoms with E-state index in [1.165, 1.54) is 0 Å². The molecule has 1 fully saturated rings. The summed E-state index contributed by atoms with van der Waals surface area (Å²) in [5.41, 5.74) is 0. The van der Waals surface area contributed by atoms with Crippen molar-refractivity contribution in [1.29, 1.82) is 0 Å². The fourth-order valence-corrected chi connectivity index (χ4v) is 1.97. The number of carboxylic acid groups (broad SMARTS) is 1. The summed E-state index contributed by atoms with van der Waals surface area (Å²) < 4.78 is 0. The van der Waals surface area contributed by atoms with Crippen LogP contribution < -0.4 is 0 Å². The van der Waals surface area contributed by atoms with Gasteiger partial charge in [0.1, 0.15) is 0 Å². The van der Waals surface area contributed by atoms with E-state index >= 15 is 0 Å². The number of carbonyl (C=O) groups is 1. The van der Waals surface area contributed by atoms with Crippen LogP contribution in [0.25, 0.3) is 0 Å². The molecule has 1 N–H and O–H groups in total. The molecule has 0 heterocycles. The first-order chi connectivity index (χ1) is 5.65. The van der Waals surface area contributed by atoms with E-state index in [0.717, 1.165) is 19.3 Å². The molecule has 1 rings (SSSR count). The van der Waals surface area contributed by atoms with Crippen LogP contribution in [0.4, 0.5) is 0 Å². The highest BCUT2D eigenvalue weighted by Gasteiger charge is 2.31. The highest BCUT2D eigenvalue weighted by Crippen LogP contribution is 2.34. The van der Waals surface area contributed by atoms with Crippen LogP contribution in [0.2, 0.25) is 0 Å². The second-order valence-electron chi connectivity index (χ2n) is 3.76. The monoisotopic (exact) mass is 168 g/mol. The fraction of sp³-hybridized carbons (Fsp3) is 0.700. The molecule has 68 valence electrons. The van der Waals surface area contributed by atoms with E-state index in [2.05, 4.69) is 13.5 Å². The molecule has 0 aromatic rings. The largest absolute Gasteiger partial charge is 0.481 e. The second kappa shape index (κ2) is 3.74. The first-order valence-electron chi connectivity index (χ1n) is 4.50. The van der Waals surface area contributed by atoms with Gasteiger partial charge in [-0.15, -0.1) is 6.58 Å². The van der Waals surface area contributed by atoms with Crippen LogP contribution in [0.1, 0.15) is 26.2 Å². The van der Waals surface area contributed by atoms with E-state index in [1.54, 1.807) is 6.08 Å². The molecule has 1 saturated carbocycles. The van der Waals surface area contributed by atoms with Gasteiger partial charge in [0.2, 0.25) is 0 Å². The molecule has 0 bridgehead atoms. The molecule has 0 saturated heterocycles. The lowest BCUT2D eigenvalue weighted by Gasteiger charge is -2.29. The van der Waals surface area contributed by atoms with Crippen molar-refractivity contribution >= 4 is 5.97 Å². The molecule has 12 heavy (non-hydrogen) atoms. The molecule has 0 aliphatic heterocycles. The predicted octanol–water partition coefficient (Wildman–Crippen LogP) is 2.31. The molecule has 0 aromatic carbocycles. The van der Waals surface area contributed by atoms with Crippen molar-refractivity contribution in [2.75, 3.05) is 0 Å². The van der Waals surface area contributed by atoms with Gasteiger partial charge >= 0.3 is 5.97 Å². The Morgan fingerprint density at radius 3 is 2.75 bits per heavy atom. The first-order valence-corrected chi connectivity index (χ1v) is 4.50. The van der Waals surface area contributed by atoms with Gasteiger partial charge in [0.15, 0.2) is 0 Å². The number of hydrogen-bond donors (Lipinski definition) is 1. The Hall–Kier alpha value is -0.790. The van der Waals surface area contributed by atoms with Gasteiger partial charge in [0.25, 0.3) is 0 Å². The van der Waals surface area contributed by atoms with Crippen LogP contribution in [-0.2, 0) is 4.79 Å². The standard InChI is InChI=1S/C10H16O2/c1-3-8-5-4-7(2)6-9(8)10(11)12/h3,7-9H,1,4-6H2,2H3,(H,11,12)/t7?,8-,9+/m1/s1. The Balaban J connectivity index is 2.63. The van der Waals surface area contributed by atoms with Crippen molar-refractivity contribution in [3.63, 3.8) is 0 Å². The molecule has 0 spiro atoms. The van der Waals surface area contributed by atoms with Gasteiger partial charge in [-0.25, -0.2) is 0 Å². The van der Waals surface area contributed by atoms with Gasteiger partial charge in [-0.2, -0.15) is 0 Å². The topological polar surface area (TPSA) is 37.3 Å². The summed E-state index contributed by atoms with van der Waals surface area (Å²) in [5, 5.41) is 8.91. The fourth-order valence-electron chi connectivity index (χ4n) is 1.97. The van der Waals surface area contributed by atoms with Crippen LogP contribution in [-0.4, -0.2) is 11.1 Å². The van der Waals surface area contributed by atoms with Crippen molar-refractivity contribution in [1.82, 2.24) is 0 Å². The minimum Gasteiger partial charge on any atom is -0.481 e. The maximum Gasteiger partial charge on any atom is 0.307 e. The third-order valence-corrected chi connectivity index (χ3v) is 2.79. The SMILES string of the molecule is C=C[C@@H]1CCC(C)C[C@@H]1C(=O)O. The zero-order valence-electron chi connectivity index (χ0n) is 7.49. The highest BCUT2D eigenvalue weighted by molar-refractivity contribution is 5.70. The molecule has 1 unspecified atom stereocenters. The summed E-state index contributed by atoms with van der Waals surface area (Å²) in [5.74, 6) is -0.0984. The maximum atomic E-state index is 10.8. The summed E-state index contributed by atoms with van der Waals surface area (Å²) in [4.78, 5) is 10.8. The Kier molecular flexibility index (Phi) is 2.90. The second-order valence-corrected chi connectivity index (χ2v) is 3.76. The summed E-state index contributed by atoms with van der Waals surface area (Å²) >= 11 is 0. The van der Waals surface area contributed by atoms with Gasteiger partial charge in [0, 0.05) is 0 Å². The van der Waals surface area contributed by atoms with Crippen LogP contribution in [0.15, 0.2) is 12.7 Å². The van der Waals surface area contributed by atoms with Gasteiger partial charge in [0.05, 0.1) is 5.92 Å². The number of aliphatic carboxylic acids is 1. The van der Waals surface area contributed by atoms with E-state index < -0.39 is 5.97 Å². The molecule has 2 heteroatoms. The summed E-state index contributed by atoms with van der Waals surface area (Å²) in [6.07, 6.45) is 4.73. The predicted molar refractivity (Wildman–Crippen MR) is 47.8 cm³/mol. The van der Waals surface area contributed by atoms with Crippen molar-refractivity contribution in [2.24, 2.45) is 17.8 Å². The van der Waals surface area contributed by atoms with Crippen molar-refractivity contribution in [2.45, 2.75) is 26.2 Å². The van der Waals surface area contributed by atoms with E-state index in [0.29, 0.717) is 5.92 Å². The zero-order chi connectivity index (χ0) is 9.14. The normalized spacial score (nSPS) is 35.9. The van der Waals surface area contributed by atoms with Gasteiger partial charge in [-0.1, -0.05) is 19.4 Å². The number of allylic oxidation sites excluding steroid dienone is 1. The number of rotatable bonds is 2. The molecule has 0 amide bonds. The van der Waals surface area contributed by atoms with E-state index in [1.807, 2.05) is 0 Å². The van der Waals surface area contributed by atoms with E-state index in [4.69, 9.17) is 5.11 Å². The minimum absolute atomic E-state index is 0.189. The van der Waals surface area contributed by atoms with Crippen molar-refractivity contribution in [3.05, 3.63) is 12.7 Å². The Morgan fingerprint density at radius 2 is 2.25 bits per heavy atom. The summed E-state index contributed by atoms with van der Waals surface area (Å²) in [6, 6.07) is 0. The zero-order valence-corrected chi connectivity index (χ0v) is 7.49. The van der Waals surface area contributed by atoms with Crippen LogP contribution in [0, 0.1) is 17.8 Å². The Labute approximate surface area is 73.3 Å². The average Bonchev–Trinajstić information content (AvgIpc) is 2.04. The lowest BCUT2D eigenvalue weighted by molar-refractivity contribution is -0.144. The first kappa shape index (κ1) is 9.30. The van der Waals surface area contributed by atoms with E-state index in [9.17, 15) is 4.79 Å². The molecule has 1 aliphatic rings. The van der Waals surface area contributed by atoms with Crippen LogP contribution >= 0.6 is 0 Å². The minimum atomic E-state index is -0.661. The van der Waals surface area contributed by atoms with Gasteiger partial charge in [-0.3, -0.25) is 4.79 Å². The Bertz CT molecular complexity index is 186. The van der Waals surface area contributed by atoms with Crippen LogP contribution in [0.3, 0.4) is 0 Å². The molecular weight excluding hydrogens is 152 g/mol. The lowest BCUT2D eigenvalue weighted by atomic mass is 9.75. The van der Waals surface area contributed by atoms with Crippen LogP contribution in [0.5, 0.6) is 0 Å². The number of carboxylic acids is 1. The third kappa shape index (κ3) is 1.87. The highest BCUT2D eigenvalue weighted by atomic mass is 16.4. The molecule has 1 aliphatic carbocycles. The van der Waals surface area contributed by atoms with Gasteiger partial charge < -0.3 is 5.11 Å². The lowest BCUT2D eigenvalue weighted by Crippen LogP contribution is -2.28. The van der Waals surface area contributed by atoms with Crippen molar-refractivity contribution < 1.29 is 9.90 Å². The van der Waals surface area contributed by atoms with Crippen molar-refractivity contribution in [3.8, 4) is 0 Å². The van der Waals surface area contributed by atoms with Gasteiger partial charge in [-0.05, 0) is 24.7 Å². The molecule has 2 nitrogen and oxygen atoms in total. The summed E-state index contributed by atoms with van der Waals surface area (Å²) in [6.45, 7) is 5.80. The molecular formula is C10H16O2. The smallest absolute Gasteiger partial charge is 0.307 e. The molecule has 0 radical (unpaired) electrons. The van der Waals surface area contributed by atoms with E-state index in [-0.39, 0.29) is 11.8 Å². The number of hydrogen-bond acceptors (Lipinski definition) is 1. The Morgan fingerprint density at radius 1 is 1.58 bits per heavy atom. The third-order valence-electron chi connectivity index (χ3n) is 2.79. The maximum absolute atomic E-state index is 10.8. The molecule has 3 atom stereocenters. The molecule has 0 aromatic heterocycles. The quantitative estimate of drug-likeness (QED) is 0.642.